The van der Waals surface area contributed by atoms with Crippen LogP contribution < -0.4 is 0 Å². The van der Waals surface area contributed by atoms with Gasteiger partial charge in [-0.25, -0.2) is 9.97 Å². The molecule has 2 rings (SSSR count). The Bertz CT molecular complexity index is 504. The van der Waals surface area contributed by atoms with Gasteiger partial charge in [0.1, 0.15) is 0 Å². The van der Waals surface area contributed by atoms with Gasteiger partial charge in [0.2, 0.25) is 5.78 Å². The van der Waals surface area contributed by atoms with E-state index in [1.165, 1.54) is 0 Å². The molecule has 0 aliphatic rings. The second-order valence-corrected chi connectivity index (χ2v) is 4.05. The number of hydrogen-bond donors (Lipinski definition) is 0. The molecule has 5 nitrogen and oxygen atoms in total. The van der Waals surface area contributed by atoms with Crippen LogP contribution >= 0.6 is 0 Å². The number of rotatable bonds is 4. The van der Waals surface area contributed by atoms with Gasteiger partial charge in [0.05, 0.1) is 12.1 Å². The molecule has 2 aromatic heterocycles. The fourth-order valence-electron chi connectivity index (χ4n) is 1.45. The Labute approximate surface area is 99.5 Å². The molecular weight excluding hydrogens is 216 g/mol. The lowest BCUT2D eigenvalue weighted by Gasteiger charge is -2.03. The Morgan fingerprint density at radius 2 is 2.06 bits per heavy atom. The Hall–Kier alpha value is -2.04. The van der Waals surface area contributed by atoms with Gasteiger partial charge in [0, 0.05) is 24.6 Å². The summed E-state index contributed by atoms with van der Waals surface area (Å²) >= 11 is 0. The summed E-state index contributed by atoms with van der Waals surface area (Å²) in [4.78, 5) is 19.7. The maximum Gasteiger partial charge on any atom is 0.206 e. The standard InChI is InChI=1S/C12H14N4O/c1-9(2)16-7-4-10(15-16)8-11(17)12-13-5-3-6-14-12/h3-7,9H,8H2,1-2H3. The lowest BCUT2D eigenvalue weighted by Crippen LogP contribution is -2.09. The smallest absolute Gasteiger partial charge is 0.206 e. The minimum atomic E-state index is -0.111. The summed E-state index contributed by atoms with van der Waals surface area (Å²) in [5.74, 6) is 0.131. The first-order valence-electron chi connectivity index (χ1n) is 5.51. The molecule has 0 unspecified atom stereocenters. The van der Waals surface area contributed by atoms with E-state index in [1.54, 1.807) is 18.5 Å². The van der Waals surface area contributed by atoms with Gasteiger partial charge >= 0.3 is 0 Å². The molecule has 88 valence electrons. The molecule has 0 saturated carbocycles. The predicted molar refractivity (Wildman–Crippen MR) is 62.7 cm³/mol. The van der Waals surface area contributed by atoms with Crippen molar-refractivity contribution in [1.29, 1.82) is 0 Å². The van der Waals surface area contributed by atoms with Gasteiger partial charge < -0.3 is 0 Å². The number of carbonyl (C=O) groups excluding carboxylic acids is 1. The third-order valence-corrected chi connectivity index (χ3v) is 2.35. The summed E-state index contributed by atoms with van der Waals surface area (Å²) in [5.41, 5.74) is 0.746. The van der Waals surface area contributed by atoms with Crippen molar-refractivity contribution in [3.63, 3.8) is 0 Å². The van der Waals surface area contributed by atoms with E-state index in [-0.39, 0.29) is 18.0 Å². The second-order valence-electron chi connectivity index (χ2n) is 4.05. The minimum Gasteiger partial charge on any atom is -0.290 e. The third-order valence-electron chi connectivity index (χ3n) is 2.35. The second kappa shape index (κ2) is 4.86. The van der Waals surface area contributed by atoms with Crippen molar-refractivity contribution in [2.75, 3.05) is 0 Å². The monoisotopic (exact) mass is 230 g/mol. The summed E-state index contributed by atoms with van der Waals surface area (Å²) in [7, 11) is 0. The van der Waals surface area contributed by atoms with E-state index in [9.17, 15) is 4.79 Å². The quantitative estimate of drug-likeness (QED) is 0.750. The van der Waals surface area contributed by atoms with Crippen molar-refractivity contribution >= 4 is 5.78 Å². The minimum absolute atomic E-state index is 0.111. The summed E-state index contributed by atoms with van der Waals surface area (Å²) in [6.07, 6.45) is 5.24. The van der Waals surface area contributed by atoms with Crippen molar-refractivity contribution in [1.82, 2.24) is 19.7 Å². The van der Waals surface area contributed by atoms with Crippen LogP contribution in [0.4, 0.5) is 0 Å². The van der Waals surface area contributed by atoms with E-state index in [0.717, 1.165) is 5.69 Å². The predicted octanol–water partition coefficient (Wildman–Crippen LogP) is 1.68. The molecule has 0 spiro atoms. The van der Waals surface area contributed by atoms with Gasteiger partial charge in [-0.1, -0.05) is 0 Å². The van der Waals surface area contributed by atoms with E-state index < -0.39 is 0 Å². The fourth-order valence-corrected chi connectivity index (χ4v) is 1.45. The van der Waals surface area contributed by atoms with Crippen LogP contribution in [0.15, 0.2) is 30.7 Å². The number of aromatic nitrogens is 4. The first-order valence-corrected chi connectivity index (χ1v) is 5.51. The van der Waals surface area contributed by atoms with Gasteiger partial charge in [-0.05, 0) is 26.0 Å². The third kappa shape index (κ3) is 2.75. The molecule has 17 heavy (non-hydrogen) atoms. The maximum atomic E-state index is 11.8. The molecule has 0 N–H and O–H groups in total. The Morgan fingerprint density at radius 3 is 2.65 bits per heavy atom. The van der Waals surface area contributed by atoms with Gasteiger partial charge in [-0.15, -0.1) is 0 Å². The van der Waals surface area contributed by atoms with Crippen molar-refractivity contribution in [2.24, 2.45) is 0 Å². The fraction of sp³-hybridized carbons (Fsp3) is 0.333. The molecule has 0 amide bonds. The highest BCUT2D eigenvalue weighted by Crippen LogP contribution is 2.06. The van der Waals surface area contributed by atoms with Crippen LogP contribution in [0.25, 0.3) is 0 Å². The number of carbonyl (C=O) groups is 1. The van der Waals surface area contributed by atoms with Crippen molar-refractivity contribution < 1.29 is 4.79 Å². The van der Waals surface area contributed by atoms with E-state index >= 15 is 0 Å². The highest BCUT2D eigenvalue weighted by Gasteiger charge is 2.11. The van der Waals surface area contributed by atoms with Crippen LogP contribution in [0.5, 0.6) is 0 Å². The number of Topliss-reactive ketones (excluding diaryl/α,β-unsaturated/α-hetero) is 1. The van der Waals surface area contributed by atoms with Crippen LogP contribution in [0.2, 0.25) is 0 Å². The van der Waals surface area contributed by atoms with Crippen molar-refractivity contribution in [3.8, 4) is 0 Å². The highest BCUT2D eigenvalue weighted by atomic mass is 16.1. The van der Waals surface area contributed by atoms with Gasteiger partial charge in [-0.2, -0.15) is 5.10 Å². The van der Waals surface area contributed by atoms with Gasteiger partial charge in [0.15, 0.2) is 5.82 Å². The van der Waals surface area contributed by atoms with Crippen LogP contribution in [0.3, 0.4) is 0 Å². The molecule has 0 aliphatic heterocycles. The van der Waals surface area contributed by atoms with Crippen LogP contribution in [-0.2, 0) is 6.42 Å². The van der Waals surface area contributed by atoms with Gasteiger partial charge in [0.25, 0.3) is 0 Å². The first-order chi connectivity index (χ1) is 8.16. The zero-order valence-corrected chi connectivity index (χ0v) is 9.87. The van der Waals surface area contributed by atoms with Gasteiger partial charge in [-0.3, -0.25) is 9.48 Å². The number of nitrogens with zero attached hydrogens (tertiary/aromatic N) is 4. The summed E-state index contributed by atoms with van der Waals surface area (Å²) in [6, 6.07) is 3.83. The van der Waals surface area contributed by atoms with Crippen LogP contribution in [0.1, 0.15) is 36.2 Å². The average molecular weight is 230 g/mol. The Morgan fingerprint density at radius 1 is 1.35 bits per heavy atom. The molecule has 0 aromatic carbocycles. The molecule has 2 heterocycles. The summed E-state index contributed by atoms with van der Waals surface area (Å²) < 4.78 is 1.83. The number of hydrogen-bond acceptors (Lipinski definition) is 4. The summed E-state index contributed by atoms with van der Waals surface area (Å²) in [6.45, 7) is 4.08. The van der Waals surface area contributed by atoms with E-state index in [1.807, 2.05) is 30.8 Å². The van der Waals surface area contributed by atoms with E-state index in [0.29, 0.717) is 6.04 Å². The largest absolute Gasteiger partial charge is 0.290 e. The first kappa shape index (κ1) is 11.4. The molecule has 5 heteroatoms. The number of ketones is 1. The molecule has 2 aromatic rings. The SMILES string of the molecule is CC(C)n1ccc(CC(=O)c2ncccn2)n1. The topological polar surface area (TPSA) is 60.7 Å². The molecular formula is C12H14N4O. The maximum absolute atomic E-state index is 11.8. The molecule has 0 bridgehead atoms. The van der Waals surface area contributed by atoms with Crippen molar-refractivity contribution in [3.05, 3.63) is 42.2 Å². The summed E-state index contributed by atoms with van der Waals surface area (Å²) in [5, 5.41) is 4.32. The van der Waals surface area contributed by atoms with Crippen LogP contribution in [0, 0.1) is 0 Å². The molecule has 0 atom stereocenters. The van der Waals surface area contributed by atoms with E-state index in [4.69, 9.17) is 0 Å². The lowest BCUT2D eigenvalue weighted by atomic mass is 10.2. The molecule has 0 radical (unpaired) electrons. The molecule has 0 saturated heterocycles. The zero-order valence-electron chi connectivity index (χ0n) is 9.87. The molecule has 0 aliphatic carbocycles. The highest BCUT2D eigenvalue weighted by molar-refractivity contribution is 5.93. The van der Waals surface area contributed by atoms with E-state index in [2.05, 4.69) is 15.1 Å². The molecule has 0 fully saturated rings. The van der Waals surface area contributed by atoms with Crippen LogP contribution in [-0.4, -0.2) is 25.5 Å². The Balaban J connectivity index is 2.08. The van der Waals surface area contributed by atoms with Crippen molar-refractivity contribution in [2.45, 2.75) is 26.3 Å². The zero-order chi connectivity index (χ0) is 12.3. The lowest BCUT2D eigenvalue weighted by molar-refractivity contribution is 0.0981. The normalized spacial score (nSPS) is 10.8. The average Bonchev–Trinajstić information content (AvgIpc) is 2.79. The Kier molecular flexibility index (Phi) is 3.27.